The van der Waals surface area contributed by atoms with Crippen molar-refractivity contribution in [1.29, 1.82) is 0 Å². The number of hydrogen-bond donors (Lipinski definition) is 0. The summed E-state index contributed by atoms with van der Waals surface area (Å²) in [5.41, 5.74) is 0. The van der Waals surface area contributed by atoms with Crippen LogP contribution in [0.15, 0.2) is 36.5 Å². The van der Waals surface area contributed by atoms with Crippen LogP contribution in [0, 0.1) is 0 Å². The molecular weight excluding hydrogens is 935 g/mol. The third kappa shape index (κ3) is 59.0. The Kier molecular flexibility index (Phi) is 55.8. The molecule has 0 spiro atoms. The monoisotopic (exact) mass is 1060 g/mol. The van der Waals surface area contributed by atoms with Gasteiger partial charge in [-0.25, -0.2) is 0 Å². The summed E-state index contributed by atoms with van der Waals surface area (Å²) in [6.07, 6.45) is 68.1. The number of allylic oxidation sites excluding steroid dienone is 6. The van der Waals surface area contributed by atoms with Gasteiger partial charge in [0.2, 0.25) is 0 Å². The molecule has 9 nitrogen and oxygen atoms in total. The molecule has 0 saturated heterocycles. The third-order valence-corrected chi connectivity index (χ3v) is 14.4. The lowest BCUT2D eigenvalue weighted by Gasteiger charge is -2.26. The lowest BCUT2D eigenvalue weighted by molar-refractivity contribution is -0.870. The number of unbranched alkanes of at least 4 members (excludes halogenated alkanes) is 39. The molecule has 0 aromatic carbocycles. The highest BCUT2D eigenvalue weighted by Crippen LogP contribution is 2.18. The molecule has 2 unspecified atom stereocenters. The van der Waals surface area contributed by atoms with Crippen LogP contribution in [0.25, 0.3) is 0 Å². The summed E-state index contributed by atoms with van der Waals surface area (Å²) in [7, 11) is 5.93. The number of esters is 2. The molecule has 0 aliphatic carbocycles. The zero-order valence-electron chi connectivity index (χ0n) is 50.2. The van der Waals surface area contributed by atoms with Gasteiger partial charge in [-0.1, -0.05) is 281 Å². The van der Waals surface area contributed by atoms with Crippen LogP contribution in [0.3, 0.4) is 0 Å². The Morgan fingerprint density at radius 1 is 0.400 bits per heavy atom. The molecule has 0 bridgehead atoms. The molecule has 0 rings (SSSR count). The van der Waals surface area contributed by atoms with Crippen molar-refractivity contribution in [3.05, 3.63) is 36.5 Å². The Balaban J connectivity index is 3.90. The Labute approximate surface area is 464 Å². The van der Waals surface area contributed by atoms with E-state index < -0.39 is 24.3 Å². The van der Waals surface area contributed by atoms with E-state index in [-0.39, 0.29) is 32.2 Å². The number of carboxylic acid groups (broad SMARTS) is 1. The Bertz CT molecular complexity index is 1320. The average Bonchev–Trinajstić information content (AvgIpc) is 3.38. The summed E-state index contributed by atoms with van der Waals surface area (Å²) in [5.74, 6) is -2.26. The van der Waals surface area contributed by atoms with Crippen molar-refractivity contribution < 1.29 is 42.9 Å². The van der Waals surface area contributed by atoms with Gasteiger partial charge in [-0.15, -0.1) is 0 Å². The van der Waals surface area contributed by atoms with E-state index in [0.717, 1.165) is 51.4 Å². The largest absolute Gasteiger partial charge is 0.545 e. The van der Waals surface area contributed by atoms with Crippen LogP contribution in [-0.2, 0) is 33.3 Å². The number of carboxylic acids is 1. The molecule has 0 heterocycles. The molecule has 0 radical (unpaired) electrons. The van der Waals surface area contributed by atoms with Crippen LogP contribution < -0.4 is 5.11 Å². The van der Waals surface area contributed by atoms with E-state index in [4.69, 9.17) is 18.9 Å². The average molecular weight is 1060 g/mol. The number of likely N-dealkylation sites (N-methyl/N-ethyl adjacent to an activating group) is 1. The van der Waals surface area contributed by atoms with Gasteiger partial charge in [0.1, 0.15) is 13.2 Å². The number of ether oxygens (including phenoxy) is 4. The molecule has 9 heteroatoms. The summed E-state index contributed by atoms with van der Waals surface area (Å²) in [6.45, 7) is 4.76. The maximum absolute atomic E-state index is 12.9. The van der Waals surface area contributed by atoms with Crippen molar-refractivity contribution in [1.82, 2.24) is 0 Å². The van der Waals surface area contributed by atoms with Crippen molar-refractivity contribution in [2.75, 3.05) is 47.5 Å². The summed E-state index contributed by atoms with van der Waals surface area (Å²) in [5, 5.41) is 11.8. The minimum absolute atomic E-state index is 0.151. The SMILES string of the molecule is CCCCCCC/C=C\C/C=C\C/C=C\CCCCCCCCCCCCCCCCCCCCCCCCCCC(=O)OC(COC(=O)CCCCCCCCCCCCC)COC(OCC[N+](C)(C)C)C(=O)[O-]. The highest BCUT2D eigenvalue weighted by atomic mass is 16.7. The van der Waals surface area contributed by atoms with E-state index in [1.165, 1.54) is 231 Å². The third-order valence-electron chi connectivity index (χ3n) is 14.4. The predicted octanol–water partition coefficient (Wildman–Crippen LogP) is 17.9. The number of carbonyl (C=O) groups is 3. The zero-order valence-corrected chi connectivity index (χ0v) is 50.2. The quantitative estimate of drug-likeness (QED) is 0.0195. The van der Waals surface area contributed by atoms with Gasteiger partial charge in [-0.2, -0.15) is 0 Å². The molecule has 0 amide bonds. The second kappa shape index (κ2) is 57.7. The van der Waals surface area contributed by atoms with E-state index >= 15 is 0 Å². The maximum Gasteiger partial charge on any atom is 0.306 e. The topological polar surface area (TPSA) is 111 Å². The highest BCUT2D eigenvalue weighted by molar-refractivity contribution is 5.70. The molecule has 0 aliphatic heterocycles. The van der Waals surface area contributed by atoms with Gasteiger partial charge in [0.15, 0.2) is 12.4 Å². The van der Waals surface area contributed by atoms with Gasteiger partial charge in [0.25, 0.3) is 0 Å². The molecular formula is C66H123NO8. The Morgan fingerprint density at radius 3 is 1.07 bits per heavy atom. The summed E-state index contributed by atoms with van der Waals surface area (Å²) in [6, 6.07) is 0. The Hall–Kier alpha value is -2.49. The molecule has 0 saturated carbocycles. The fourth-order valence-corrected chi connectivity index (χ4v) is 9.43. The summed E-state index contributed by atoms with van der Waals surface area (Å²) < 4.78 is 22.7. The van der Waals surface area contributed by atoms with E-state index in [0.29, 0.717) is 17.4 Å². The van der Waals surface area contributed by atoms with Gasteiger partial charge < -0.3 is 33.3 Å². The number of nitrogens with zero attached hydrogens (tertiary/aromatic N) is 1. The number of aliphatic carboxylic acids is 1. The van der Waals surface area contributed by atoms with Gasteiger partial charge >= 0.3 is 11.9 Å². The zero-order chi connectivity index (χ0) is 54.8. The minimum atomic E-state index is -1.62. The van der Waals surface area contributed by atoms with Crippen molar-refractivity contribution in [3.8, 4) is 0 Å². The van der Waals surface area contributed by atoms with Gasteiger partial charge in [-0.05, 0) is 51.4 Å². The van der Waals surface area contributed by atoms with Crippen molar-refractivity contribution in [2.24, 2.45) is 0 Å². The molecule has 0 aromatic rings. The van der Waals surface area contributed by atoms with E-state index in [2.05, 4.69) is 50.3 Å². The first-order chi connectivity index (χ1) is 36.6. The number of carbonyl (C=O) groups excluding carboxylic acids is 3. The van der Waals surface area contributed by atoms with E-state index in [1.54, 1.807) is 0 Å². The second-order valence-corrected chi connectivity index (χ2v) is 23.1. The van der Waals surface area contributed by atoms with Crippen LogP contribution in [0.5, 0.6) is 0 Å². The van der Waals surface area contributed by atoms with Crippen molar-refractivity contribution in [3.63, 3.8) is 0 Å². The molecule has 2 atom stereocenters. The molecule has 0 fully saturated rings. The van der Waals surface area contributed by atoms with Gasteiger partial charge in [-0.3, -0.25) is 9.59 Å². The lowest BCUT2D eigenvalue weighted by Crippen LogP contribution is -2.44. The first kappa shape index (κ1) is 72.5. The minimum Gasteiger partial charge on any atom is -0.545 e. The fraction of sp³-hybridized carbons (Fsp3) is 0.864. The van der Waals surface area contributed by atoms with Crippen LogP contribution in [0.1, 0.15) is 309 Å². The highest BCUT2D eigenvalue weighted by Gasteiger charge is 2.22. The van der Waals surface area contributed by atoms with Crippen LogP contribution >= 0.6 is 0 Å². The number of hydrogen-bond acceptors (Lipinski definition) is 8. The van der Waals surface area contributed by atoms with Crippen molar-refractivity contribution >= 4 is 17.9 Å². The predicted molar refractivity (Wildman–Crippen MR) is 316 cm³/mol. The van der Waals surface area contributed by atoms with Gasteiger partial charge in [0.05, 0.1) is 40.3 Å². The van der Waals surface area contributed by atoms with E-state index in [1.807, 2.05) is 21.1 Å². The fourth-order valence-electron chi connectivity index (χ4n) is 9.43. The van der Waals surface area contributed by atoms with Crippen molar-refractivity contribution in [2.45, 2.75) is 322 Å². The molecule has 0 aliphatic rings. The van der Waals surface area contributed by atoms with Crippen LogP contribution in [0.2, 0.25) is 0 Å². The standard InChI is InChI=1S/C66H123NO8/c1-6-8-10-12-14-16-18-19-20-21-22-23-24-25-26-27-28-29-30-31-32-33-34-35-36-37-38-39-40-41-42-43-44-45-47-49-51-53-55-57-64(69)75-62(61-74-66(65(70)71)72-59-58-67(3,4)5)60-73-63(68)56-54-52-50-48-46-17-15-13-11-9-7-2/h18-19,21-22,24-25,62,66H,6-17,20,23,26-61H2,1-5H3/b19-18-,22-21-,25-24-. The second-order valence-electron chi connectivity index (χ2n) is 23.1. The summed E-state index contributed by atoms with van der Waals surface area (Å²) in [4.78, 5) is 37.2. The smallest absolute Gasteiger partial charge is 0.306 e. The van der Waals surface area contributed by atoms with Gasteiger partial charge in [0, 0.05) is 12.8 Å². The molecule has 440 valence electrons. The summed E-state index contributed by atoms with van der Waals surface area (Å²) >= 11 is 0. The molecule has 0 N–H and O–H groups in total. The van der Waals surface area contributed by atoms with Crippen LogP contribution in [0.4, 0.5) is 0 Å². The lowest BCUT2D eigenvalue weighted by atomic mass is 10.0. The molecule has 75 heavy (non-hydrogen) atoms. The Morgan fingerprint density at radius 2 is 0.720 bits per heavy atom. The number of rotatable bonds is 60. The van der Waals surface area contributed by atoms with Crippen LogP contribution in [-0.4, -0.2) is 82.3 Å². The first-order valence-corrected chi connectivity index (χ1v) is 32.1. The number of quaternary nitrogens is 1. The van der Waals surface area contributed by atoms with E-state index in [9.17, 15) is 19.5 Å². The first-order valence-electron chi connectivity index (χ1n) is 32.1. The molecule has 0 aromatic heterocycles. The maximum atomic E-state index is 12.9. The normalized spacial score (nSPS) is 12.9.